The number of nitrogens with zero attached hydrogens (tertiary/aromatic N) is 3. The van der Waals surface area contributed by atoms with Crippen LogP contribution in [0, 0.1) is 12.7 Å². The summed E-state index contributed by atoms with van der Waals surface area (Å²) >= 11 is 1.00. The molecule has 0 radical (unpaired) electrons. The zero-order valence-corrected chi connectivity index (χ0v) is 18.4. The number of benzene rings is 2. The molecule has 31 heavy (non-hydrogen) atoms. The first kappa shape index (κ1) is 21.3. The minimum atomic E-state index is -3.92. The van der Waals surface area contributed by atoms with E-state index >= 15 is 0 Å². The molecule has 0 spiro atoms. The molecule has 4 rings (SSSR count). The summed E-state index contributed by atoms with van der Waals surface area (Å²) in [5.41, 5.74) is 1.60. The van der Waals surface area contributed by atoms with Gasteiger partial charge >= 0.3 is 0 Å². The van der Waals surface area contributed by atoms with Crippen LogP contribution in [0.5, 0.6) is 0 Å². The zero-order chi connectivity index (χ0) is 22.0. The van der Waals surface area contributed by atoms with Crippen LogP contribution < -0.4 is 9.62 Å². The molecule has 1 N–H and O–H groups in total. The number of aromatic nitrogens is 1. The van der Waals surface area contributed by atoms with Crippen molar-refractivity contribution in [2.75, 3.05) is 35.8 Å². The summed E-state index contributed by atoms with van der Waals surface area (Å²) in [5.74, 6) is -0.681. The van der Waals surface area contributed by atoms with Crippen LogP contribution >= 0.6 is 11.3 Å². The predicted molar refractivity (Wildman–Crippen MR) is 119 cm³/mol. The molecule has 0 bridgehead atoms. The second-order valence-corrected chi connectivity index (χ2v) is 9.79. The molecule has 162 valence electrons. The van der Waals surface area contributed by atoms with E-state index in [9.17, 15) is 17.6 Å². The van der Waals surface area contributed by atoms with E-state index in [2.05, 4.69) is 14.6 Å². The molecular weight excluding hydrogens is 439 g/mol. The van der Waals surface area contributed by atoms with Crippen molar-refractivity contribution in [3.63, 3.8) is 0 Å². The lowest BCUT2D eigenvalue weighted by atomic mass is 10.2. The lowest BCUT2D eigenvalue weighted by molar-refractivity contribution is 0.0750. The van der Waals surface area contributed by atoms with Gasteiger partial charge in [-0.15, -0.1) is 0 Å². The van der Waals surface area contributed by atoms with Crippen LogP contribution in [0.4, 0.5) is 15.2 Å². The summed E-state index contributed by atoms with van der Waals surface area (Å²) in [5, 5.41) is 0.105. The molecule has 1 saturated heterocycles. The molecule has 1 fully saturated rings. The van der Waals surface area contributed by atoms with E-state index in [1.807, 2.05) is 30.3 Å². The maximum atomic E-state index is 13.1. The maximum absolute atomic E-state index is 13.1. The van der Waals surface area contributed by atoms with Crippen molar-refractivity contribution in [2.24, 2.45) is 0 Å². The number of halogens is 1. The third-order valence-corrected chi connectivity index (χ3v) is 7.57. The molecule has 1 aliphatic heterocycles. The molecule has 10 heteroatoms. The van der Waals surface area contributed by atoms with Gasteiger partial charge in [0.15, 0.2) is 5.13 Å². The molecule has 0 saturated carbocycles. The summed E-state index contributed by atoms with van der Waals surface area (Å²) in [4.78, 5) is 21.5. The first-order valence-corrected chi connectivity index (χ1v) is 12.0. The summed E-state index contributed by atoms with van der Waals surface area (Å²) in [6, 6.07) is 14.5. The standard InChI is InChI=1S/C21H21FN4O3S2/c1-15-19(20(27)26-13-11-25(12-14-26)17-5-3-2-4-6-17)30-21(23-15)24-31(28,29)18-9-7-16(22)8-10-18/h2-10H,11-14H2,1H3,(H,23,24). The lowest BCUT2D eigenvalue weighted by Gasteiger charge is -2.36. The van der Waals surface area contributed by atoms with Gasteiger partial charge in [-0.3, -0.25) is 9.52 Å². The Labute approximate surface area is 184 Å². The van der Waals surface area contributed by atoms with E-state index in [1.165, 1.54) is 12.1 Å². The summed E-state index contributed by atoms with van der Waals surface area (Å²) < 4.78 is 40.5. The number of carbonyl (C=O) groups is 1. The Morgan fingerprint density at radius 3 is 2.32 bits per heavy atom. The van der Waals surface area contributed by atoms with Crippen LogP contribution in [-0.4, -0.2) is 50.4 Å². The number of carbonyl (C=O) groups excluding carboxylic acids is 1. The fraction of sp³-hybridized carbons (Fsp3) is 0.238. The van der Waals surface area contributed by atoms with Gasteiger partial charge in [0.05, 0.1) is 10.6 Å². The van der Waals surface area contributed by atoms with Crippen molar-refractivity contribution in [1.29, 1.82) is 0 Å². The van der Waals surface area contributed by atoms with Crippen LogP contribution in [-0.2, 0) is 10.0 Å². The quantitative estimate of drug-likeness (QED) is 0.631. The number of para-hydroxylation sites is 1. The van der Waals surface area contributed by atoms with Gasteiger partial charge in [0.1, 0.15) is 10.7 Å². The van der Waals surface area contributed by atoms with Crippen LogP contribution in [0.2, 0.25) is 0 Å². The van der Waals surface area contributed by atoms with Crippen molar-refractivity contribution in [1.82, 2.24) is 9.88 Å². The first-order valence-electron chi connectivity index (χ1n) is 9.68. The van der Waals surface area contributed by atoms with E-state index in [4.69, 9.17) is 0 Å². The Kier molecular flexibility index (Phi) is 5.92. The maximum Gasteiger partial charge on any atom is 0.266 e. The first-order chi connectivity index (χ1) is 14.8. The zero-order valence-electron chi connectivity index (χ0n) is 16.8. The van der Waals surface area contributed by atoms with Gasteiger partial charge in [-0.25, -0.2) is 17.8 Å². The Balaban J connectivity index is 1.44. The van der Waals surface area contributed by atoms with Gasteiger partial charge in [0.2, 0.25) is 0 Å². The molecule has 0 atom stereocenters. The molecule has 1 amide bonds. The molecule has 0 aliphatic carbocycles. The summed E-state index contributed by atoms with van der Waals surface area (Å²) in [6.45, 7) is 4.26. The van der Waals surface area contributed by atoms with Crippen LogP contribution in [0.15, 0.2) is 59.5 Å². The summed E-state index contributed by atoms with van der Waals surface area (Å²) in [7, 11) is -3.92. The highest BCUT2D eigenvalue weighted by Gasteiger charge is 2.26. The Morgan fingerprint density at radius 2 is 1.68 bits per heavy atom. The Bertz CT molecular complexity index is 1170. The minimum Gasteiger partial charge on any atom is -0.368 e. The van der Waals surface area contributed by atoms with Gasteiger partial charge in [-0.1, -0.05) is 29.5 Å². The molecule has 2 heterocycles. The monoisotopic (exact) mass is 460 g/mol. The SMILES string of the molecule is Cc1nc(NS(=O)(=O)c2ccc(F)cc2)sc1C(=O)N1CCN(c2ccccc2)CC1. The lowest BCUT2D eigenvalue weighted by Crippen LogP contribution is -2.48. The van der Waals surface area contributed by atoms with Crippen LogP contribution in [0.3, 0.4) is 0 Å². The highest BCUT2D eigenvalue weighted by Crippen LogP contribution is 2.27. The van der Waals surface area contributed by atoms with E-state index in [1.54, 1.807) is 11.8 Å². The minimum absolute atomic E-state index is 0.0772. The highest BCUT2D eigenvalue weighted by atomic mass is 32.2. The molecule has 3 aromatic rings. The third-order valence-electron chi connectivity index (χ3n) is 5.02. The molecule has 7 nitrogen and oxygen atoms in total. The van der Waals surface area contributed by atoms with Crippen LogP contribution in [0.1, 0.15) is 15.4 Å². The number of nitrogens with one attached hydrogen (secondary N) is 1. The number of anilines is 2. The second kappa shape index (κ2) is 8.64. The van der Waals surface area contributed by atoms with Gasteiger partial charge in [0, 0.05) is 31.9 Å². The molecule has 0 unspecified atom stereocenters. The molecule has 2 aromatic carbocycles. The number of hydrogen-bond donors (Lipinski definition) is 1. The smallest absolute Gasteiger partial charge is 0.266 e. The number of piperazine rings is 1. The molecule has 1 aliphatic rings. The molecular formula is C21H21FN4O3S2. The van der Waals surface area contributed by atoms with Gasteiger partial charge in [-0.05, 0) is 43.3 Å². The van der Waals surface area contributed by atoms with E-state index < -0.39 is 15.8 Å². The second-order valence-electron chi connectivity index (χ2n) is 7.11. The Hall–Kier alpha value is -2.98. The average Bonchev–Trinajstić information content (AvgIpc) is 3.13. The van der Waals surface area contributed by atoms with Crippen molar-refractivity contribution >= 4 is 38.1 Å². The number of aryl methyl sites for hydroxylation is 1. The normalized spacial score (nSPS) is 14.5. The van der Waals surface area contributed by atoms with Gasteiger partial charge < -0.3 is 9.80 Å². The topological polar surface area (TPSA) is 82.6 Å². The Morgan fingerprint density at radius 1 is 1.03 bits per heavy atom. The summed E-state index contributed by atoms with van der Waals surface area (Å²) in [6.07, 6.45) is 0. The van der Waals surface area contributed by atoms with E-state index in [0.29, 0.717) is 23.7 Å². The molecule has 1 aromatic heterocycles. The largest absolute Gasteiger partial charge is 0.368 e. The van der Waals surface area contributed by atoms with Gasteiger partial charge in [-0.2, -0.15) is 0 Å². The van der Waals surface area contributed by atoms with Crippen LogP contribution in [0.25, 0.3) is 0 Å². The van der Waals surface area contributed by atoms with Crippen molar-refractivity contribution in [3.05, 3.63) is 71.0 Å². The van der Waals surface area contributed by atoms with Crippen molar-refractivity contribution in [3.8, 4) is 0 Å². The fourth-order valence-corrected chi connectivity index (χ4v) is 5.55. The number of rotatable bonds is 5. The number of hydrogen-bond acceptors (Lipinski definition) is 6. The third kappa shape index (κ3) is 4.70. The van der Waals surface area contributed by atoms with Crippen molar-refractivity contribution in [2.45, 2.75) is 11.8 Å². The van der Waals surface area contributed by atoms with Crippen molar-refractivity contribution < 1.29 is 17.6 Å². The predicted octanol–water partition coefficient (Wildman–Crippen LogP) is 3.35. The van der Waals surface area contributed by atoms with E-state index in [0.717, 1.165) is 42.2 Å². The highest BCUT2D eigenvalue weighted by molar-refractivity contribution is 7.93. The number of thiazole rings is 1. The number of amides is 1. The van der Waals surface area contributed by atoms with Gasteiger partial charge in [0.25, 0.3) is 15.9 Å². The van der Waals surface area contributed by atoms with E-state index in [-0.39, 0.29) is 15.9 Å². The number of sulfonamides is 1. The fourth-order valence-electron chi connectivity index (χ4n) is 3.38. The average molecular weight is 461 g/mol.